The van der Waals surface area contributed by atoms with Gasteiger partial charge in [0.15, 0.2) is 0 Å². The molecule has 0 spiro atoms. The molecule has 0 unspecified atom stereocenters. The van der Waals surface area contributed by atoms with Crippen molar-refractivity contribution >= 4 is 17.4 Å². The van der Waals surface area contributed by atoms with Gasteiger partial charge in [-0.15, -0.1) is 0 Å². The zero-order valence-electron chi connectivity index (χ0n) is 18.4. The second-order valence-electron chi connectivity index (χ2n) is 8.27. The lowest BCUT2D eigenvalue weighted by Gasteiger charge is -2.34. The van der Waals surface area contributed by atoms with Crippen molar-refractivity contribution in [1.29, 1.82) is 5.41 Å². The second kappa shape index (κ2) is 9.82. The minimum absolute atomic E-state index is 0.113. The molecule has 2 aromatic carbocycles. The summed E-state index contributed by atoms with van der Waals surface area (Å²) in [5.41, 5.74) is 12.9. The molecule has 7 nitrogen and oxygen atoms in total. The number of aliphatic imine (C=N–C) groups is 1. The van der Waals surface area contributed by atoms with Crippen molar-refractivity contribution in [3.05, 3.63) is 65.5 Å². The van der Waals surface area contributed by atoms with Gasteiger partial charge in [0.1, 0.15) is 29.0 Å². The summed E-state index contributed by atoms with van der Waals surface area (Å²) in [5.74, 6) is 1.01. The van der Waals surface area contributed by atoms with Crippen LogP contribution in [-0.2, 0) is 0 Å². The number of hydrogen-bond donors (Lipinski definition) is 5. The molecule has 2 aromatic rings. The molecular formula is C24H30FN5O2. The predicted molar refractivity (Wildman–Crippen MR) is 125 cm³/mol. The minimum Gasteiger partial charge on any atom is -0.457 e. The van der Waals surface area contributed by atoms with Gasteiger partial charge in [-0.1, -0.05) is 0 Å². The highest BCUT2D eigenvalue weighted by Crippen LogP contribution is 2.28. The third kappa shape index (κ3) is 5.85. The van der Waals surface area contributed by atoms with Crippen LogP contribution in [0.15, 0.2) is 59.1 Å². The average molecular weight is 440 g/mol. The van der Waals surface area contributed by atoms with Gasteiger partial charge < -0.3 is 26.6 Å². The van der Waals surface area contributed by atoms with Crippen molar-refractivity contribution in [2.75, 3.05) is 7.05 Å². The third-order valence-corrected chi connectivity index (χ3v) is 5.62. The number of nitrogens with two attached hydrogens (primary N) is 2. The summed E-state index contributed by atoms with van der Waals surface area (Å²) in [6.45, 7) is 1.85. The van der Waals surface area contributed by atoms with Crippen LogP contribution in [0.5, 0.6) is 11.5 Å². The average Bonchev–Trinajstić information content (AvgIpc) is 2.76. The van der Waals surface area contributed by atoms with Crippen molar-refractivity contribution < 1.29 is 14.2 Å². The van der Waals surface area contributed by atoms with Crippen molar-refractivity contribution in [2.24, 2.45) is 16.5 Å². The highest BCUT2D eigenvalue weighted by Gasteiger charge is 2.30. The quantitative estimate of drug-likeness (QED) is 0.347. The Morgan fingerprint density at radius 1 is 1.09 bits per heavy atom. The lowest BCUT2D eigenvalue weighted by molar-refractivity contribution is 0.0160. The summed E-state index contributed by atoms with van der Waals surface area (Å²) in [7, 11) is 1.62. The molecule has 3 rings (SSSR count). The Morgan fingerprint density at radius 2 is 1.62 bits per heavy atom. The molecule has 8 heteroatoms. The summed E-state index contributed by atoms with van der Waals surface area (Å²) in [6, 6.07) is 12.9. The van der Waals surface area contributed by atoms with E-state index in [2.05, 4.69) is 10.3 Å². The molecule has 1 saturated carbocycles. The van der Waals surface area contributed by atoms with Gasteiger partial charge in [-0.05, 0) is 86.7 Å². The van der Waals surface area contributed by atoms with Crippen LogP contribution in [0.3, 0.4) is 0 Å². The van der Waals surface area contributed by atoms with Crippen LogP contribution >= 0.6 is 0 Å². The molecule has 7 N–H and O–H groups in total. The Balaban J connectivity index is 1.78. The first-order chi connectivity index (χ1) is 15.2. The SMILES string of the molecule is CN=C(NC1CCC(C)(O)CC1)C(C(=N)N)=C(N)c1ccc(Oc2ccc(F)cc2)cc1. The van der Waals surface area contributed by atoms with Gasteiger partial charge in [-0.3, -0.25) is 10.4 Å². The number of nitrogens with one attached hydrogen (secondary N) is 2. The van der Waals surface area contributed by atoms with Gasteiger partial charge in [0, 0.05) is 13.1 Å². The van der Waals surface area contributed by atoms with E-state index in [9.17, 15) is 9.50 Å². The molecule has 32 heavy (non-hydrogen) atoms. The first-order valence-electron chi connectivity index (χ1n) is 10.5. The number of amidine groups is 2. The normalized spacial score (nSPS) is 22.1. The fraction of sp³-hybridized carbons (Fsp3) is 0.333. The van der Waals surface area contributed by atoms with Gasteiger partial charge in [0.2, 0.25) is 0 Å². The smallest absolute Gasteiger partial charge is 0.134 e. The fourth-order valence-corrected chi connectivity index (χ4v) is 3.71. The molecule has 1 aliphatic carbocycles. The molecule has 0 atom stereocenters. The van der Waals surface area contributed by atoms with E-state index in [1.54, 1.807) is 43.4 Å². The molecule has 0 aromatic heterocycles. The van der Waals surface area contributed by atoms with E-state index in [0.717, 1.165) is 12.8 Å². The molecule has 170 valence electrons. The number of ether oxygens (including phenoxy) is 1. The Labute approximate surface area is 187 Å². The van der Waals surface area contributed by atoms with Gasteiger partial charge >= 0.3 is 0 Å². The Bertz CT molecular complexity index is 1000. The predicted octanol–water partition coefficient (Wildman–Crippen LogP) is 3.54. The van der Waals surface area contributed by atoms with Gasteiger partial charge in [0.25, 0.3) is 0 Å². The van der Waals surface area contributed by atoms with Gasteiger partial charge in [-0.2, -0.15) is 0 Å². The van der Waals surface area contributed by atoms with Crippen molar-refractivity contribution in [3.63, 3.8) is 0 Å². The van der Waals surface area contributed by atoms with E-state index in [1.807, 2.05) is 6.92 Å². The van der Waals surface area contributed by atoms with E-state index in [0.29, 0.717) is 47.0 Å². The molecule has 0 bridgehead atoms. The Kier molecular flexibility index (Phi) is 7.15. The summed E-state index contributed by atoms with van der Waals surface area (Å²) in [4.78, 5) is 4.30. The molecular weight excluding hydrogens is 409 g/mol. The Morgan fingerprint density at radius 3 is 2.12 bits per heavy atom. The molecule has 0 amide bonds. The van der Waals surface area contributed by atoms with Crippen LogP contribution in [0, 0.1) is 11.2 Å². The number of hydrogen-bond acceptors (Lipinski definition) is 5. The largest absolute Gasteiger partial charge is 0.457 e. The van der Waals surface area contributed by atoms with Gasteiger partial charge in [-0.25, -0.2) is 4.39 Å². The van der Waals surface area contributed by atoms with E-state index >= 15 is 0 Å². The maximum absolute atomic E-state index is 13.1. The van der Waals surface area contributed by atoms with Crippen LogP contribution in [0.4, 0.5) is 4.39 Å². The van der Waals surface area contributed by atoms with Crippen LogP contribution in [-0.4, -0.2) is 35.5 Å². The van der Waals surface area contributed by atoms with E-state index in [4.69, 9.17) is 21.6 Å². The number of rotatable bonds is 6. The zero-order valence-corrected chi connectivity index (χ0v) is 18.4. The molecule has 1 fully saturated rings. The maximum Gasteiger partial charge on any atom is 0.134 e. The van der Waals surface area contributed by atoms with E-state index in [-0.39, 0.29) is 17.7 Å². The molecule has 0 aliphatic heterocycles. The van der Waals surface area contributed by atoms with Crippen LogP contribution < -0.4 is 21.5 Å². The summed E-state index contributed by atoms with van der Waals surface area (Å²) in [5, 5.41) is 21.6. The lowest BCUT2D eigenvalue weighted by Crippen LogP contribution is -2.44. The first-order valence-corrected chi connectivity index (χ1v) is 10.5. The van der Waals surface area contributed by atoms with Crippen LogP contribution in [0.2, 0.25) is 0 Å². The number of halogens is 1. The third-order valence-electron chi connectivity index (χ3n) is 5.62. The highest BCUT2D eigenvalue weighted by molar-refractivity contribution is 6.25. The van der Waals surface area contributed by atoms with E-state index in [1.165, 1.54) is 12.1 Å². The fourth-order valence-electron chi connectivity index (χ4n) is 3.71. The minimum atomic E-state index is -0.641. The topological polar surface area (TPSA) is 130 Å². The zero-order chi connectivity index (χ0) is 23.3. The lowest BCUT2D eigenvalue weighted by atomic mass is 9.83. The second-order valence-corrected chi connectivity index (χ2v) is 8.27. The Hall–Kier alpha value is -3.39. The molecule has 0 heterocycles. The first kappa shape index (κ1) is 23.3. The number of aliphatic hydroxyl groups is 1. The van der Waals surface area contributed by atoms with Gasteiger partial charge in [0.05, 0.1) is 16.9 Å². The standard InChI is InChI=1S/C24H30FN5O2/c1-24(31)13-11-17(12-14-24)30-23(29-2)20(22(27)28)21(26)15-3-7-18(8-4-15)32-19-9-5-16(25)6-10-19/h3-10,17,31H,11-14,26H2,1-2H3,(H3,27,28)(H,29,30). The van der Waals surface area contributed by atoms with Crippen molar-refractivity contribution in [1.82, 2.24) is 5.32 Å². The molecule has 1 aliphatic rings. The summed E-state index contributed by atoms with van der Waals surface area (Å²) >= 11 is 0. The summed E-state index contributed by atoms with van der Waals surface area (Å²) in [6.07, 6.45) is 2.94. The highest BCUT2D eigenvalue weighted by atomic mass is 19.1. The summed E-state index contributed by atoms with van der Waals surface area (Å²) < 4.78 is 18.8. The van der Waals surface area contributed by atoms with E-state index < -0.39 is 5.60 Å². The molecule has 0 radical (unpaired) electrons. The number of nitrogens with zero attached hydrogens (tertiary/aromatic N) is 1. The van der Waals surface area contributed by atoms with Crippen LogP contribution in [0.1, 0.15) is 38.2 Å². The number of benzene rings is 2. The van der Waals surface area contributed by atoms with Crippen molar-refractivity contribution in [2.45, 2.75) is 44.2 Å². The van der Waals surface area contributed by atoms with Crippen LogP contribution in [0.25, 0.3) is 5.70 Å². The molecule has 0 saturated heterocycles. The monoisotopic (exact) mass is 439 g/mol. The maximum atomic E-state index is 13.1. The van der Waals surface area contributed by atoms with Crippen molar-refractivity contribution in [3.8, 4) is 11.5 Å².